The first-order chi connectivity index (χ1) is 13.6. The number of pyridine rings is 1. The number of hydrogen-bond donors (Lipinski definition) is 2. The van der Waals surface area contributed by atoms with Crippen molar-refractivity contribution in [3.8, 4) is 5.75 Å². The fourth-order valence-electron chi connectivity index (χ4n) is 2.51. The van der Waals surface area contributed by atoms with Gasteiger partial charge in [-0.1, -0.05) is 33.6 Å². The molecule has 3 aromatic rings. The van der Waals surface area contributed by atoms with E-state index < -0.39 is 0 Å². The maximum atomic E-state index is 12.0. The third-order valence-electron chi connectivity index (χ3n) is 3.94. The Balaban J connectivity index is 1.44. The summed E-state index contributed by atoms with van der Waals surface area (Å²) in [5.74, 6) is 0.736. The third kappa shape index (κ3) is 6.25. The second kappa shape index (κ2) is 10.1. The number of carbonyl (C=O) groups is 1. The normalized spacial score (nSPS) is 10.4. The zero-order valence-electron chi connectivity index (χ0n) is 15.0. The van der Waals surface area contributed by atoms with Gasteiger partial charge in [-0.25, -0.2) is 4.79 Å². The van der Waals surface area contributed by atoms with Crippen LogP contribution in [0.3, 0.4) is 0 Å². The van der Waals surface area contributed by atoms with Gasteiger partial charge in [0.05, 0.1) is 6.61 Å². The molecule has 0 spiro atoms. The number of ether oxygens (including phenoxy) is 1. The maximum Gasteiger partial charge on any atom is 0.319 e. The Morgan fingerprint density at radius 3 is 2.71 bits per heavy atom. The number of aromatic nitrogens is 1. The molecule has 2 N–H and O–H groups in total. The SMILES string of the molecule is O=C(NCc1cccnc1)Nc1ccc(OCCc2cc(Cl)ccc2Br)cc1. The molecule has 3 rings (SSSR count). The van der Waals surface area contributed by atoms with E-state index in [-0.39, 0.29) is 6.03 Å². The summed E-state index contributed by atoms with van der Waals surface area (Å²) in [4.78, 5) is 16.0. The molecule has 0 saturated heterocycles. The Kier molecular flexibility index (Phi) is 7.28. The van der Waals surface area contributed by atoms with Crippen LogP contribution in [-0.2, 0) is 13.0 Å². The predicted molar refractivity (Wildman–Crippen MR) is 115 cm³/mol. The van der Waals surface area contributed by atoms with E-state index in [9.17, 15) is 4.79 Å². The summed E-state index contributed by atoms with van der Waals surface area (Å²) in [5.41, 5.74) is 2.72. The molecule has 0 aliphatic rings. The number of benzene rings is 2. The summed E-state index contributed by atoms with van der Waals surface area (Å²) < 4.78 is 6.78. The lowest BCUT2D eigenvalue weighted by atomic mass is 10.2. The molecule has 2 amide bonds. The summed E-state index contributed by atoms with van der Waals surface area (Å²) in [5, 5.41) is 6.28. The van der Waals surface area contributed by atoms with Gasteiger partial charge in [0, 0.05) is 40.5 Å². The van der Waals surface area contributed by atoms with Crippen LogP contribution in [0.4, 0.5) is 10.5 Å². The first-order valence-corrected chi connectivity index (χ1v) is 9.88. The maximum absolute atomic E-state index is 12.0. The number of halogens is 2. The van der Waals surface area contributed by atoms with Crippen molar-refractivity contribution >= 4 is 39.2 Å². The van der Waals surface area contributed by atoms with Gasteiger partial charge in [0.2, 0.25) is 0 Å². The molecule has 1 aromatic heterocycles. The first-order valence-electron chi connectivity index (χ1n) is 8.71. The van der Waals surface area contributed by atoms with E-state index in [1.54, 1.807) is 24.5 Å². The summed E-state index contributed by atoms with van der Waals surface area (Å²) in [7, 11) is 0. The van der Waals surface area contributed by atoms with E-state index in [0.717, 1.165) is 27.8 Å². The Hall–Kier alpha value is -2.57. The highest BCUT2D eigenvalue weighted by atomic mass is 79.9. The summed E-state index contributed by atoms with van der Waals surface area (Å²) in [6, 6.07) is 16.4. The van der Waals surface area contributed by atoms with Crippen molar-refractivity contribution in [3.05, 3.63) is 87.6 Å². The van der Waals surface area contributed by atoms with E-state index in [1.807, 2.05) is 42.5 Å². The zero-order chi connectivity index (χ0) is 19.8. The monoisotopic (exact) mass is 459 g/mol. The van der Waals surface area contributed by atoms with Crippen molar-refractivity contribution in [1.29, 1.82) is 0 Å². The average Bonchev–Trinajstić information content (AvgIpc) is 2.71. The molecule has 0 bridgehead atoms. The highest BCUT2D eigenvalue weighted by molar-refractivity contribution is 9.10. The van der Waals surface area contributed by atoms with Crippen LogP contribution >= 0.6 is 27.5 Å². The molecule has 0 unspecified atom stereocenters. The fourth-order valence-corrected chi connectivity index (χ4v) is 3.15. The van der Waals surface area contributed by atoms with Crippen LogP contribution in [-0.4, -0.2) is 17.6 Å². The van der Waals surface area contributed by atoms with E-state index in [2.05, 4.69) is 31.5 Å². The van der Waals surface area contributed by atoms with Gasteiger partial charge in [0.15, 0.2) is 0 Å². The van der Waals surface area contributed by atoms with Crippen LogP contribution < -0.4 is 15.4 Å². The summed E-state index contributed by atoms with van der Waals surface area (Å²) in [6.07, 6.45) is 4.15. The van der Waals surface area contributed by atoms with Gasteiger partial charge in [-0.05, 0) is 59.7 Å². The molecular formula is C21H19BrClN3O2. The summed E-state index contributed by atoms with van der Waals surface area (Å²) in [6.45, 7) is 0.942. The number of nitrogens with one attached hydrogen (secondary N) is 2. The number of urea groups is 1. The van der Waals surface area contributed by atoms with Crippen LogP contribution in [0.5, 0.6) is 5.75 Å². The van der Waals surface area contributed by atoms with Crippen LogP contribution in [0.2, 0.25) is 5.02 Å². The van der Waals surface area contributed by atoms with Gasteiger partial charge >= 0.3 is 6.03 Å². The minimum Gasteiger partial charge on any atom is -0.493 e. The lowest BCUT2D eigenvalue weighted by molar-refractivity contribution is 0.251. The Labute approximate surface area is 177 Å². The average molecular weight is 461 g/mol. The molecule has 0 aliphatic carbocycles. The highest BCUT2D eigenvalue weighted by Gasteiger charge is 2.04. The second-order valence-corrected chi connectivity index (χ2v) is 7.32. The smallest absolute Gasteiger partial charge is 0.319 e. The second-order valence-electron chi connectivity index (χ2n) is 6.03. The van der Waals surface area contributed by atoms with Gasteiger partial charge in [-0.3, -0.25) is 4.98 Å². The van der Waals surface area contributed by atoms with Gasteiger partial charge in [0.1, 0.15) is 5.75 Å². The lowest BCUT2D eigenvalue weighted by Gasteiger charge is -2.10. The molecule has 144 valence electrons. The number of hydrogen-bond acceptors (Lipinski definition) is 3. The minimum absolute atomic E-state index is 0.275. The quantitative estimate of drug-likeness (QED) is 0.493. The Bertz CT molecular complexity index is 921. The van der Waals surface area contributed by atoms with Gasteiger partial charge in [-0.2, -0.15) is 0 Å². The third-order valence-corrected chi connectivity index (χ3v) is 4.94. The van der Waals surface area contributed by atoms with Crippen LogP contribution in [0.15, 0.2) is 71.5 Å². The van der Waals surface area contributed by atoms with E-state index in [1.165, 1.54) is 0 Å². The van der Waals surface area contributed by atoms with Crippen LogP contribution in [0, 0.1) is 0 Å². The zero-order valence-corrected chi connectivity index (χ0v) is 17.3. The predicted octanol–water partition coefficient (Wildman–Crippen LogP) is 5.44. The van der Waals surface area contributed by atoms with E-state index in [4.69, 9.17) is 16.3 Å². The molecule has 1 heterocycles. The van der Waals surface area contributed by atoms with Crippen molar-refractivity contribution < 1.29 is 9.53 Å². The number of rotatable bonds is 7. The number of amides is 2. The Morgan fingerprint density at radius 2 is 1.96 bits per heavy atom. The molecule has 0 aliphatic heterocycles. The first kappa shape index (κ1) is 20.2. The van der Waals surface area contributed by atoms with Gasteiger partial charge < -0.3 is 15.4 Å². The topological polar surface area (TPSA) is 63.2 Å². The van der Waals surface area contributed by atoms with Crippen molar-refractivity contribution in [1.82, 2.24) is 10.3 Å². The van der Waals surface area contributed by atoms with Gasteiger partial charge in [-0.15, -0.1) is 0 Å². The van der Waals surface area contributed by atoms with Gasteiger partial charge in [0.25, 0.3) is 0 Å². The molecule has 5 nitrogen and oxygen atoms in total. The van der Waals surface area contributed by atoms with E-state index >= 15 is 0 Å². The van der Waals surface area contributed by atoms with Crippen LogP contribution in [0.1, 0.15) is 11.1 Å². The van der Waals surface area contributed by atoms with Crippen LogP contribution in [0.25, 0.3) is 0 Å². The molecular weight excluding hydrogens is 442 g/mol. The molecule has 0 saturated carbocycles. The molecule has 0 radical (unpaired) electrons. The molecule has 7 heteroatoms. The Morgan fingerprint density at radius 1 is 1.14 bits per heavy atom. The van der Waals surface area contributed by atoms with Crippen molar-refractivity contribution in [2.45, 2.75) is 13.0 Å². The largest absolute Gasteiger partial charge is 0.493 e. The minimum atomic E-state index is -0.275. The van der Waals surface area contributed by atoms with E-state index in [0.29, 0.717) is 23.9 Å². The standard InChI is InChI=1S/C21H19BrClN3O2/c22-20-8-3-17(23)12-16(20)9-11-28-19-6-4-18(5-7-19)26-21(27)25-14-15-2-1-10-24-13-15/h1-8,10,12-13H,9,11,14H2,(H2,25,26,27). The van der Waals surface area contributed by atoms with Crippen molar-refractivity contribution in [2.75, 3.05) is 11.9 Å². The molecule has 0 atom stereocenters. The fraction of sp³-hybridized carbons (Fsp3) is 0.143. The highest BCUT2D eigenvalue weighted by Crippen LogP contribution is 2.22. The molecule has 0 fully saturated rings. The molecule has 2 aromatic carbocycles. The number of carbonyl (C=O) groups excluding carboxylic acids is 1. The van der Waals surface area contributed by atoms with Crippen molar-refractivity contribution in [2.24, 2.45) is 0 Å². The summed E-state index contributed by atoms with van der Waals surface area (Å²) >= 11 is 9.54. The number of anilines is 1. The lowest BCUT2D eigenvalue weighted by Crippen LogP contribution is -2.28. The molecule has 28 heavy (non-hydrogen) atoms. The number of nitrogens with zero attached hydrogens (tertiary/aromatic N) is 1. The van der Waals surface area contributed by atoms with Crippen molar-refractivity contribution in [3.63, 3.8) is 0 Å².